The number of hydrogen-bond acceptors (Lipinski definition) is 4. The first-order valence-corrected chi connectivity index (χ1v) is 4.61. The first-order valence-electron chi connectivity index (χ1n) is 4.61. The van der Waals surface area contributed by atoms with Crippen LogP contribution >= 0.6 is 0 Å². The lowest BCUT2D eigenvalue weighted by molar-refractivity contribution is 0.0600. The van der Waals surface area contributed by atoms with E-state index in [4.69, 9.17) is 9.84 Å². The van der Waals surface area contributed by atoms with Crippen LogP contribution in [0.5, 0.6) is 5.75 Å². The van der Waals surface area contributed by atoms with Gasteiger partial charge in [-0.25, -0.2) is 4.79 Å². The average molecular weight is 210 g/mol. The van der Waals surface area contributed by atoms with Crippen LogP contribution in [0.3, 0.4) is 0 Å². The van der Waals surface area contributed by atoms with Crippen molar-refractivity contribution in [3.05, 3.63) is 29.3 Å². The Morgan fingerprint density at radius 3 is 2.80 bits per heavy atom. The molecule has 4 nitrogen and oxygen atoms in total. The van der Waals surface area contributed by atoms with E-state index in [0.29, 0.717) is 11.3 Å². The number of methoxy groups -OCH3 is 1. The Hall–Kier alpha value is -1.55. The van der Waals surface area contributed by atoms with Crippen molar-refractivity contribution in [3.63, 3.8) is 0 Å². The molecule has 0 bridgehead atoms. The molecule has 1 aromatic rings. The topological polar surface area (TPSA) is 55.8 Å². The summed E-state index contributed by atoms with van der Waals surface area (Å²) in [6.07, 6.45) is 0. The highest BCUT2D eigenvalue weighted by Gasteiger charge is 2.08. The van der Waals surface area contributed by atoms with Crippen LogP contribution in [0.25, 0.3) is 0 Å². The molecule has 15 heavy (non-hydrogen) atoms. The van der Waals surface area contributed by atoms with Gasteiger partial charge in [-0.15, -0.1) is 0 Å². The van der Waals surface area contributed by atoms with Gasteiger partial charge in [-0.2, -0.15) is 0 Å². The minimum Gasteiger partial charge on any atom is -0.491 e. The van der Waals surface area contributed by atoms with Gasteiger partial charge in [0.2, 0.25) is 0 Å². The smallest absolute Gasteiger partial charge is 0.337 e. The van der Waals surface area contributed by atoms with Crippen LogP contribution in [0.15, 0.2) is 18.2 Å². The third-order valence-corrected chi connectivity index (χ3v) is 1.96. The van der Waals surface area contributed by atoms with Crippen molar-refractivity contribution >= 4 is 5.97 Å². The summed E-state index contributed by atoms with van der Waals surface area (Å²) in [4.78, 5) is 11.2. The minimum absolute atomic E-state index is 0.0537. The van der Waals surface area contributed by atoms with E-state index >= 15 is 0 Å². The molecular weight excluding hydrogens is 196 g/mol. The molecule has 1 N–H and O–H groups in total. The van der Waals surface area contributed by atoms with E-state index in [-0.39, 0.29) is 13.2 Å². The van der Waals surface area contributed by atoms with Gasteiger partial charge in [0, 0.05) is 0 Å². The quantitative estimate of drug-likeness (QED) is 0.757. The fourth-order valence-corrected chi connectivity index (χ4v) is 1.16. The molecule has 0 aliphatic heterocycles. The molecule has 0 saturated carbocycles. The van der Waals surface area contributed by atoms with Crippen molar-refractivity contribution < 1.29 is 19.4 Å². The van der Waals surface area contributed by atoms with E-state index in [1.54, 1.807) is 18.2 Å². The lowest BCUT2D eigenvalue weighted by Gasteiger charge is -2.08. The number of aliphatic hydroxyl groups is 1. The Kier molecular flexibility index (Phi) is 4.12. The molecule has 0 radical (unpaired) electrons. The summed E-state index contributed by atoms with van der Waals surface area (Å²) < 4.78 is 9.86. The lowest BCUT2D eigenvalue weighted by atomic mass is 10.1. The number of carbonyl (C=O) groups is 1. The predicted molar refractivity (Wildman–Crippen MR) is 55.1 cm³/mol. The Bertz CT molecular complexity index is 346. The summed E-state index contributed by atoms with van der Waals surface area (Å²) in [5.41, 5.74) is 1.35. The molecule has 0 atom stereocenters. The van der Waals surface area contributed by atoms with E-state index in [1.807, 2.05) is 6.92 Å². The second-order valence-electron chi connectivity index (χ2n) is 3.04. The number of aryl methyl sites for hydroxylation is 1. The highest BCUT2D eigenvalue weighted by Crippen LogP contribution is 2.19. The van der Waals surface area contributed by atoms with E-state index < -0.39 is 5.97 Å². The molecule has 0 fully saturated rings. The van der Waals surface area contributed by atoms with Crippen molar-refractivity contribution in [3.8, 4) is 5.75 Å². The van der Waals surface area contributed by atoms with Crippen LogP contribution in [0.2, 0.25) is 0 Å². The van der Waals surface area contributed by atoms with Gasteiger partial charge < -0.3 is 14.6 Å². The van der Waals surface area contributed by atoms with Crippen LogP contribution in [-0.2, 0) is 4.74 Å². The molecule has 0 heterocycles. The maximum absolute atomic E-state index is 11.2. The van der Waals surface area contributed by atoms with Crippen LogP contribution < -0.4 is 4.74 Å². The Morgan fingerprint density at radius 1 is 1.47 bits per heavy atom. The average Bonchev–Trinajstić information content (AvgIpc) is 2.27. The Morgan fingerprint density at radius 2 is 2.20 bits per heavy atom. The second kappa shape index (κ2) is 5.36. The monoisotopic (exact) mass is 210 g/mol. The SMILES string of the molecule is COC(=O)c1ccc(C)c(OCCO)c1. The number of ether oxygens (including phenoxy) is 2. The molecule has 1 rings (SSSR count). The van der Waals surface area contributed by atoms with Gasteiger partial charge in [0.25, 0.3) is 0 Å². The zero-order valence-electron chi connectivity index (χ0n) is 8.82. The van der Waals surface area contributed by atoms with Crippen LogP contribution in [0.1, 0.15) is 15.9 Å². The van der Waals surface area contributed by atoms with Crippen molar-refractivity contribution in [2.24, 2.45) is 0 Å². The van der Waals surface area contributed by atoms with E-state index in [9.17, 15) is 4.79 Å². The molecular formula is C11H14O4. The molecule has 0 aliphatic carbocycles. The lowest BCUT2D eigenvalue weighted by Crippen LogP contribution is -2.05. The van der Waals surface area contributed by atoms with Crippen molar-refractivity contribution in [2.75, 3.05) is 20.3 Å². The van der Waals surface area contributed by atoms with Gasteiger partial charge in [-0.1, -0.05) is 6.07 Å². The van der Waals surface area contributed by atoms with Gasteiger partial charge in [0.1, 0.15) is 12.4 Å². The zero-order chi connectivity index (χ0) is 11.3. The molecule has 0 saturated heterocycles. The standard InChI is InChI=1S/C11H14O4/c1-8-3-4-9(11(13)14-2)7-10(8)15-6-5-12/h3-4,7,12H,5-6H2,1-2H3. The van der Waals surface area contributed by atoms with E-state index in [2.05, 4.69) is 4.74 Å². The second-order valence-corrected chi connectivity index (χ2v) is 3.04. The van der Waals surface area contributed by atoms with Gasteiger partial charge in [0.15, 0.2) is 0 Å². The highest BCUT2D eigenvalue weighted by atomic mass is 16.5. The number of rotatable bonds is 4. The largest absolute Gasteiger partial charge is 0.491 e. The molecule has 0 aromatic heterocycles. The fraction of sp³-hybridized carbons (Fsp3) is 0.364. The van der Waals surface area contributed by atoms with Gasteiger partial charge in [-0.3, -0.25) is 0 Å². The maximum Gasteiger partial charge on any atom is 0.337 e. The highest BCUT2D eigenvalue weighted by molar-refractivity contribution is 5.89. The van der Waals surface area contributed by atoms with Crippen LogP contribution in [-0.4, -0.2) is 31.4 Å². The number of esters is 1. The van der Waals surface area contributed by atoms with Gasteiger partial charge in [0.05, 0.1) is 19.3 Å². The summed E-state index contributed by atoms with van der Waals surface area (Å²) >= 11 is 0. The van der Waals surface area contributed by atoms with Gasteiger partial charge in [-0.05, 0) is 24.6 Å². The zero-order valence-corrected chi connectivity index (χ0v) is 8.82. The molecule has 0 spiro atoms. The third kappa shape index (κ3) is 2.95. The summed E-state index contributed by atoms with van der Waals surface area (Å²) in [5.74, 6) is 0.191. The Balaban J connectivity index is 2.89. The molecule has 1 aromatic carbocycles. The number of benzene rings is 1. The summed E-state index contributed by atoms with van der Waals surface area (Å²) in [5, 5.41) is 8.63. The molecule has 0 aliphatic rings. The molecule has 4 heteroatoms. The number of carbonyl (C=O) groups excluding carboxylic acids is 1. The first kappa shape index (κ1) is 11.5. The third-order valence-electron chi connectivity index (χ3n) is 1.96. The molecule has 0 unspecified atom stereocenters. The maximum atomic E-state index is 11.2. The van der Waals surface area contributed by atoms with Crippen molar-refractivity contribution in [2.45, 2.75) is 6.92 Å². The van der Waals surface area contributed by atoms with Crippen molar-refractivity contribution in [1.29, 1.82) is 0 Å². The minimum atomic E-state index is -0.399. The van der Waals surface area contributed by atoms with Gasteiger partial charge >= 0.3 is 5.97 Å². The normalized spacial score (nSPS) is 9.80. The predicted octanol–water partition coefficient (Wildman–Crippen LogP) is 1.15. The fourth-order valence-electron chi connectivity index (χ4n) is 1.16. The summed E-state index contributed by atoms with van der Waals surface area (Å²) in [6.45, 7) is 2.03. The molecule has 82 valence electrons. The van der Waals surface area contributed by atoms with Crippen LogP contribution in [0, 0.1) is 6.92 Å². The number of hydrogen-bond donors (Lipinski definition) is 1. The molecule has 0 amide bonds. The van der Waals surface area contributed by atoms with E-state index in [0.717, 1.165) is 5.56 Å². The first-order chi connectivity index (χ1) is 7.19. The van der Waals surface area contributed by atoms with Crippen LogP contribution in [0.4, 0.5) is 0 Å². The summed E-state index contributed by atoms with van der Waals surface area (Å²) in [6, 6.07) is 5.06. The summed E-state index contributed by atoms with van der Waals surface area (Å²) in [7, 11) is 1.33. The van der Waals surface area contributed by atoms with Crippen molar-refractivity contribution in [1.82, 2.24) is 0 Å². The Labute approximate surface area is 88.4 Å². The number of aliphatic hydroxyl groups excluding tert-OH is 1. The van der Waals surface area contributed by atoms with E-state index in [1.165, 1.54) is 7.11 Å².